The smallest absolute Gasteiger partial charge is 0.139 e. The summed E-state index contributed by atoms with van der Waals surface area (Å²) in [6, 6.07) is 23.1. The third-order valence-corrected chi connectivity index (χ3v) is 12.4. The highest BCUT2D eigenvalue weighted by Gasteiger charge is 2.25. The second kappa shape index (κ2) is 11.2. The highest BCUT2D eigenvalue weighted by molar-refractivity contribution is 6.21. The van der Waals surface area contributed by atoms with Crippen molar-refractivity contribution in [3.8, 4) is 0 Å². The lowest BCUT2D eigenvalue weighted by atomic mass is 9.86. The van der Waals surface area contributed by atoms with Crippen LogP contribution in [0.4, 0.5) is 11.4 Å². The molecule has 4 heterocycles. The number of furan rings is 2. The maximum atomic E-state index is 6.76. The van der Waals surface area contributed by atoms with Gasteiger partial charge in [-0.2, -0.15) is 0 Å². The van der Waals surface area contributed by atoms with Crippen LogP contribution in [0.25, 0.3) is 65.4 Å². The van der Waals surface area contributed by atoms with Crippen LogP contribution in [0.15, 0.2) is 69.5 Å². The molecule has 2 fully saturated rings. The highest BCUT2D eigenvalue weighted by Crippen LogP contribution is 2.45. The number of aryl methyl sites for hydroxylation is 2. The molecule has 0 unspecified atom stereocenters. The van der Waals surface area contributed by atoms with Gasteiger partial charge < -0.3 is 18.6 Å². The number of anilines is 2. The summed E-state index contributed by atoms with van der Waals surface area (Å²) in [5, 5.41) is 9.67. The molecule has 0 aliphatic carbocycles. The molecule has 246 valence electrons. The van der Waals surface area contributed by atoms with Crippen molar-refractivity contribution in [2.24, 2.45) is 23.7 Å². The van der Waals surface area contributed by atoms with E-state index in [9.17, 15) is 0 Å². The van der Waals surface area contributed by atoms with Crippen LogP contribution in [0.3, 0.4) is 0 Å². The Balaban J connectivity index is 1.11. The van der Waals surface area contributed by atoms with Crippen molar-refractivity contribution in [2.75, 3.05) is 36.0 Å². The van der Waals surface area contributed by atoms with Crippen LogP contribution in [0, 0.1) is 37.5 Å². The Morgan fingerprint density at radius 2 is 0.917 bits per heavy atom. The second-order valence-corrected chi connectivity index (χ2v) is 15.8. The standard InChI is InChI=1S/C44H48N2O2/c1-25(2)29-11-15-45(16-12-29)35-9-7-31-21-37-39(23-33(31)19-35)47-43-28(6)42-38-22-32-8-10-36(46-17-13-30(14-18-46)26(3)4)20-34(32)24-40(38)48-44(42)27(5)41(37)43/h7-10,19-26,29-30H,11-18H2,1-6H3. The van der Waals surface area contributed by atoms with Gasteiger partial charge in [-0.1, -0.05) is 39.8 Å². The summed E-state index contributed by atoms with van der Waals surface area (Å²) in [7, 11) is 0. The Labute approximate surface area is 283 Å². The minimum Gasteiger partial charge on any atom is -0.456 e. The van der Waals surface area contributed by atoms with Crippen LogP contribution < -0.4 is 9.80 Å². The number of rotatable bonds is 4. The van der Waals surface area contributed by atoms with E-state index in [4.69, 9.17) is 8.83 Å². The molecule has 4 nitrogen and oxygen atoms in total. The van der Waals surface area contributed by atoms with Gasteiger partial charge in [0.05, 0.1) is 0 Å². The van der Waals surface area contributed by atoms with Crippen molar-refractivity contribution in [1.82, 2.24) is 0 Å². The average Bonchev–Trinajstić information content (AvgIpc) is 3.67. The topological polar surface area (TPSA) is 32.8 Å². The maximum Gasteiger partial charge on any atom is 0.139 e. The van der Waals surface area contributed by atoms with E-state index in [1.165, 1.54) is 80.1 Å². The molecule has 2 aromatic heterocycles. The molecule has 2 aliphatic heterocycles. The summed E-state index contributed by atoms with van der Waals surface area (Å²) in [5.41, 5.74) is 8.81. The Morgan fingerprint density at radius 3 is 1.29 bits per heavy atom. The van der Waals surface area contributed by atoms with E-state index < -0.39 is 0 Å². The van der Waals surface area contributed by atoms with Crippen LogP contribution in [0.5, 0.6) is 0 Å². The van der Waals surface area contributed by atoms with E-state index in [-0.39, 0.29) is 0 Å². The first-order valence-electron chi connectivity index (χ1n) is 18.4. The first-order chi connectivity index (χ1) is 23.2. The van der Waals surface area contributed by atoms with Crippen molar-refractivity contribution >= 4 is 76.8 Å². The lowest BCUT2D eigenvalue weighted by Gasteiger charge is -2.35. The first kappa shape index (κ1) is 29.9. The fourth-order valence-corrected chi connectivity index (χ4v) is 9.20. The number of piperidine rings is 2. The highest BCUT2D eigenvalue weighted by atomic mass is 16.3. The van der Waals surface area contributed by atoms with Gasteiger partial charge >= 0.3 is 0 Å². The van der Waals surface area contributed by atoms with Gasteiger partial charge in [0.25, 0.3) is 0 Å². The number of hydrogen-bond donors (Lipinski definition) is 0. The van der Waals surface area contributed by atoms with Crippen LogP contribution >= 0.6 is 0 Å². The van der Waals surface area contributed by atoms with Gasteiger partial charge in [0.1, 0.15) is 22.3 Å². The van der Waals surface area contributed by atoms with E-state index in [1.807, 2.05) is 0 Å². The lowest BCUT2D eigenvalue weighted by molar-refractivity contribution is 0.311. The molecule has 2 aliphatic rings. The molecule has 0 saturated carbocycles. The van der Waals surface area contributed by atoms with E-state index in [0.29, 0.717) is 0 Å². The average molecular weight is 637 g/mol. The number of nitrogens with zero attached hydrogens (tertiary/aromatic N) is 2. The third-order valence-electron chi connectivity index (χ3n) is 12.4. The predicted molar refractivity (Wildman–Crippen MR) is 205 cm³/mol. The SMILES string of the molecule is Cc1c2oc3cc4cc(N5CCC(C(C)C)CC5)ccc4cc3c2c(C)c2oc3cc4cc(N5CCC(C(C)C)CC5)ccc4cc3c12. The molecule has 5 aromatic carbocycles. The van der Waals surface area contributed by atoms with Gasteiger partial charge in [0.15, 0.2) is 0 Å². The van der Waals surface area contributed by atoms with Gasteiger partial charge in [-0.3, -0.25) is 0 Å². The van der Waals surface area contributed by atoms with E-state index in [1.54, 1.807) is 0 Å². The zero-order valence-electron chi connectivity index (χ0n) is 29.5. The Bertz CT molecular complexity index is 2190. The quantitative estimate of drug-likeness (QED) is 0.192. The molecule has 4 heteroatoms. The predicted octanol–water partition coefficient (Wildman–Crippen LogP) is 12.2. The third kappa shape index (κ3) is 4.70. The van der Waals surface area contributed by atoms with Gasteiger partial charge in [-0.25, -0.2) is 0 Å². The van der Waals surface area contributed by atoms with E-state index in [2.05, 4.69) is 112 Å². The summed E-state index contributed by atoms with van der Waals surface area (Å²) in [5.74, 6) is 3.23. The summed E-state index contributed by atoms with van der Waals surface area (Å²) in [6.45, 7) is 18.4. The van der Waals surface area contributed by atoms with Gasteiger partial charge in [-0.15, -0.1) is 0 Å². The number of hydrogen-bond acceptors (Lipinski definition) is 4. The largest absolute Gasteiger partial charge is 0.456 e. The molecule has 0 spiro atoms. The van der Waals surface area contributed by atoms with Crippen molar-refractivity contribution in [2.45, 2.75) is 67.2 Å². The normalized spacial score (nSPS) is 17.2. The van der Waals surface area contributed by atoms with Crippen molar-refractivity contribution in [3.05, 3.63) is 71.8 Å². The molecule has 0 amide bonds. The molecule has 0 radical (unpaired) electrons. The summed E-state index contributed by atoms with van der Waals surface area (Å²) in [4.78, 5) is 5.13. The maximum absolute atomic E-state index is 6.76. The zero-order valence-corrected chi connectivity index (χ0v) is 29.5. The first-order valence-corrected chi connectivity index (χ1v) is 18.4. The van der Waals surface area contributed by atoms with E-state index in [0.717, 1.165) is 83.3 Å². The van der Waals surface area contributed by atoms with Crippen LogP contribution in [0.2, 0.25) is 0 Å². The Morgan fingerprint density at radius 1 is 0.521 bits per heavy atom. The molecular weight excluding hydrogens is 588 g/mol. The summed E-state index contributed by atoms with van der Waals surface area (Å²) >= 11 is 0. The Hall–Kier alpha value is -4.18. The number of fused-ring (bicyclic) bond motifs is 8. The molecule has 0 atom stereocenters. The Kier molecular flexibility index (Phi) is 6.97. The van der Waals surface area contributed by atoms with Crippen LogP contribution in [0.1, 0.15) is 64.5 Å². The van der Waals surface area contributed by atoms with Gasteiger partial charge in [-0.05, 0) is 133 Å². The van der Waals surface area contributed by atoms with Gasteiger partial charge in [0.2, 0.25) is 0 Å². The number of benzene rings is 5. The fourth-order valence-electron chi connectivity index (χ4n) is 9.20. The fraction of sp³-hybridized carbons (Fsp3) is 0.409. The van der Waals surface area contributed by atoms with Crippen LogP contribution in [-0.2, 0) is 0 Å². The molecule has 2 saturated heterocycles. The van der Waals surface area contributed by atoms with Crippen molar-refractivity contribution in [3.63, 3.8) is 0 Å². The minimum absolute atomic E-state index is 0.771. The molecule has 0 N–H and O–H groups in total. The summed E-state index contributed by atoms with van der Waals surface area (Å²) in [6.07, 6.45) is 5.12. The van der Waals surface area contributed by atoms with Crippen molar-refractivity contribution < 1.29 is 8.83 Å². The molecule has 9 rings (SSSR count). The molecule has 48 heavy (non-hydrogen) atoms. The van der Waals surface area contributed by atoms with E-state index >= 15 is 0 Å². The van der Waals surface area contributed by atoms with Crippen molar-refractivity contribution in [1.29, 1.82) is 0 Å². The minimum atomic E-state index is 0.771. The van der Waals surface area contributed by atoms with Gasteiger partial charge in [0, 0.05) is 70.2 Å². The van der Waals surface area contributed by atoms with Crippen LogP contribution in [-0.4, -0.2) is 26.2 Å². The lowest BCUT2D eigenvalue weighted by Crippen LogP contribution is -2.35. The monoisotopic (exact) mass is 636 g/mol. The summed E-state index contributed by atoms with van der Waals surface area (Å²) < 4.78 is 13.5. The second-order valence-electron chi connectivity index (χ2n) is 15.8. The molecule has 7 aromatic rings. The molecular formula is C44H48N2O2. The molecule has 0 bridgehead atoms. The zero-order chi connectivity index (χ0) is 32.8.